The number of hydrogen-bond acceptors (Lipinski definition) is 6. The van der Waals surface area contributed by atoms with Crippen molar-refractivity contribution in [1.29, 1.82) is 0 Å². The summed E-state index contributed by atoms with van der Waals surface area (Å²) in [4.78, 5) is 80.1. The minimum Gasteiger partial charge on any atom is -0.300 e. The third kappa shape index (κ3) is 81.5. The molecule has 0 N–H and O–H groups in total. The Hall–Kier alpha value is -3.54. The van der Waals surface area contributed by atoms with E-state index in [-0.39, 0.29) is 0 Å². The van der Waals surface area contributed by atoms with Crippen molar-refractivity contribution in [3.8, 4) is 0 Å². The van der Waals surface area contributed by atoms with Gasteiger partial charge in [-0.1, -0.05) is 384 Å². The molecule has 0 heterocycles. The molecule has 696 valence electrons. The first-order chi connectivity index (χ1) is 59.0. The second kappa shape index (κ2) is 91.7. The van der Waals surface area contributed by atoms with Crippen LogP contribution in [0.5, 0.6) is 0 Å². The van der Waals surface area contributed by atoms with E-state index in [0.717, 1.165) is 231 Å². The van der Waals surface area contributed by atoms with E-state index in [1.165, 1.54) is 308 Å². The molecule has 0 spiro atoms. The lowest BCUT2D eigenvalue weighted by atomic mass is 9.90. The first-order valence-electron chi connectivity index (χ1n) is 54.0. The van der Waals surface area contributed by atoms with E-state index in [4.69, 9.17) is 0 Å². The van der Waals surface area contributed by atoms with Crippen LogP contribution in [0.4, 0.5) is 0 Å². The van der Waals surface area contributed by atoms with Crippen molar-refractivity contribution in [3.63, 3.8) is 0 Å². The monoisotopic (exact) mass is 1670 g/mol. The van der Waals surface area contributed by atoms with Gasteiger partial charge in [-0.3, -0.25) is 28.8 Å². The number of carbonyl (C=O) groups is 6. The van der Waals surface area contributed by atoms with Crippen LogP contribution in [0.15, 0.2) is 72.9 Å². The summed E-state index contributed by atoms with van der Waals surface area (Å²) >= 11 is 0. The third-order valence-electron chi connectivity index (χ3n) is 26.7. The molecule has 0 aromatic rings. The molecule has 0 aromatic carbocycles. The van der Waals surface area contributed by atoms with Gasteiger partial charge < -0.3 is 0 Å². The number of rotatable bonds is 30. The van der Waals surface area contributed by atoms with Crippen LogP contribution in [0.3, 0.4) is 0 Å². The zero-order chi connectivity index (χ0) is 86.8. The van der Waals surface area contributed by atoms with Crippen molar-refractivity contribution in [2.24, 2.45) is 35.5 Å². The Morgan fingerprint density at radius 2 is 0.300 bits per heavy atom. The first kappa shape index (κ1) is 114. The Labute approximate surface area is 748 Å². The van der Waals surface area contributed by atoms with Crippen LogP contribution in [0.2, 0.25) is 0 Å². The molecule has 120 heavy (non-hydrogen) atoms. The fourth-order valence-electron chi connectivity index (χ4n) is 18.6. The first-order valence-corrected chi connectivity index (χ1v) is 54.0. The zero-order valence-electron chi connectivity index (χ0n) is 81.2. The molecule has 6 unspecified atom stereocenters. The van der Waals surface area contributed by atoms with Crippen molar-refractivity contribution in [1.82, 2.24) is 0 Å². The largest absolute Gasteiger partial charge is 0.300 e. The van der Waals surface area contributed by atoms with Gasteiger partial charge in [-0.25, -0.2) is 0 Å². The smallest absolute Gasteiger partial charge is 0.133 e. The molecule has 1 aliphatic rings. The number of Topliss-reactive ketones (excluding diaryl/α,β-unsaturated/α-hetero) is 6. The Bertz CT molecular complexity index is 2040. The Balaban J connectivity index is 2.92. The zero-order valence-corrected chi connectivity index (χ0v) is 81.2. The highest BCUT2D eigenvalue weighted by atomic mass is 16.1. The van der Waals surface area contributed by atoms with Crippen LogP contribution in [0.25, 0.3) is 0 Å². The van der Waals surface area contributed by atoms with Crippen LogP contribution >= 0.6 is 0 Å². The molecular weight excluding hydrogens is 1470 g/mol. The fraction of sp³-hybridized carbons (Fsp3) is 0.842. The van der Waals surface area contributed by atoms with Crippen LogP contribution < -0.4 is 0 Å². The van der Waals surface area contributed by atoms with Gasteiger partial charge in [0.2, 0.25) is 0 Å². The topological polar surface area (TPSA) is 102 Å². The minimum absolute atomic E-state index is 0.472. The molecule has 6 heteroatoms. The van der Waals surface area contributed by atoms with Crippen molar-refractivity contribution in [2.75, 3.05) is 0 Å². The van der Waals surface area contributed by atoms with Gasteiger partial charge in [0.15, 0.2) is 0 Å². The summed E-state index contributed by atoms with van der Waals surface area (Å²) in [6, 6.07) is 0. The summed E-state index contributed by atoms with van der Waals surface area (Å²) in [5.74, 6) is 5.67. The summed E-state index contributed by atoms with van der Waals surface area (Å²) in [5, 5.41) is 0. The molecule has 0 saturated carbocycles. The average Bonchev–Trinajstić information content (AvgIpc) is 0.992. The van der Waals surface area contributed by atoms with Gasteiger partial charge in [-0.05, 0) is 228 Å². The van der Waals surface area contributed by atoms with Gasteiger partial charge in [-0.15, -0.1) is 0 Å². The normalized spacial score (nSPS) is 22.9. The molecule has 1 rings (SSSR count). The lowest BCUT2D eigenvalue weighted by Gasteiger charge is -2.15. The van der Waals surface area contributed by atoms with E-state index in [1.807, 2.05) is 0 Å². The Morgan fingerprint density at radius 3 is 0.442 bits per heavy atom. The molecule has 0 aliphatic heterocycles. The minimum atomic E-state index is 0.472. The highest BCUT2D eigenvalue weighted by Crippen LogP contribution is 2.30. The van der Waals surface area contributed by atoms with E-state index in [1.54, 1.807) is 0 Å². The average molecular weight is 1670 g/mol. The maximum Gasteiger partial charge on any atom is 0.133 e. The Morgan fingerprint density at radius 1 is 0.167 bits per heavy atom. The van der Waals surface area contributed by atoms with Crippen molar-refractivity contribution in [2.45, 2.75) is 581 Å². The molecule has 0 aromatic heterocycles. The van der Waals surface area contributed by atoms with Crippen LogP contribution in [-0.2, 0) is 28.8 Å². The molecule has 0 saturated heterocycles. The van der Waals surface area contributed by atoms with Gasteiger partial charge in [0.1, 0.15) is 34.7 Å². The van der Waals surface area contributed by atoms with E-state index < -0.39 is 0 Å². The SMILES string of the molecule is CCCCCCC1CC=CCCCCCCCC(=O)CC(CCCCCC)CC=CCCCCCCCC(=O)CC(CCCCCC)CC=CCCCCCCCC(=O)CC(CCCCCC)CC=CCCCCCCCC(=O)CC(CCCCCC)CC=CCCCCCCCC(=O)CC(CCCCCC)CC=CCCCCCCCC(=O)C1. The molecule has 0 amide bonds. The van der Waals surface area contributed by atoms with E-state index in [2.05, 4.69) is 114 Å². The summed E-state index contributed by atoms with van der Waals surface area (Å²) < 4.78 is 0. The van der Waals surface area contributed by atoms with Crippen LogP contribution in [0, 0.1) is 35.5 Å². The van der Waals surface area contributed by atoms with Gasteiger partial charge in [0.05, 0.1) is 0 Å². The molecule has 0 radical (unpaired) electrons. The summed E-state index contributed by atoms with van der Waals surface area (Å²) in [6.07, 6.45) is 123. The number of unbranched alkanes of at least 4 members (excludes halogenated alkanes) is 18. The maximum absolute atomic E-state index is 13.4. The summed E-state index contributed by atoms with van der Waals surface area (Å²) in [5.41, 5.74) is 0. The van der Waals surface area contributed by atoms with Gasteiger partial charge in [0, 0.05) is 77.0 Å². The number of allylic oxidation sites excluding steroid dienone is 12. The molecule has 0 bridgehead atoms. The fourth-order valence-corrected chi connectivity index (χ4v) is 18.6. The Kier molecular flexibility index (Phi) is 87.4. The lowest BCUT2D eigenvalue weighted by molar-refractivity contribution is -0.121. The number of carbonyl (C=O) groups excluding carboxylic acids is 6. The van der Waals surface area contributed by atoms with Gasteiger partial charge in [0.25, 0.3) is 0 Å². The molecule has 0 fully saturated rings. The lowest BCUT2D eigenvalue weighted by Crippen LogP contribution is -2.08. The standard InChI is InChI=1S/C114H204O6/c1-7-13-19-61-79-103-85-67-49-37-25-31-44-56-74-92-110(116)98-105(81-63-21-15-9-3)87-69-51-39-27-33-46-58-76-94-112(118)100-107(83-65-23-17-11-5)89-71-53-41-29-35-48-60-78-96-114(120)102-108(84-66-24-18-12-6)90-72-54-42-30-36-47-59-77-95-113(119)101-106(82-64-22-16-10-4)88-70-52-40-28-34-45-57-75-93-111(117)99-104(80-62-20-14-8-2)86-68-50-38-26-32-43-55-73-91-109(115)97-103/h49-54,67-72,103-108H,7-48,55-66,73-102H2,1-6H3. The number of hydrogen-bond donors (Lipinski definition) is 0. The quantitative estimate of drug-likeness (QED) is 0.0524. The van der Waals surface area contributed by atoms with Crippen molar-refractivity contribution >= 4 is 34.7 Å². The molecule has 1 aliphatic carbocycles. The summed E-state index contributed by atoms with van der Waals surface area (Å²) in [7, 11) is 0. The third-order valence-corrected chi connectivity index (χ3v) is 26.7. The van der Waals surface area contributed by atoms with Gasteiger partial charge >= 0.3 is 0 Å². The predicted molar refractivity (Wildman–Crippen MR) is 528 cm³/mol. The second-order valence-corrected chi connectivity index (χ2v) is 38.8. The predicted octanol–water partition coefficient (Wildman–Crippen LogP) is 37.3. The van der Waals surface area contributed by atoms with E-state index in [0.29, 0.717) is 70.2 Å². The van der Waals surface area contributed by atoms with Crippen molar-refractivity contribution < 1.29 is 28.8 Å². The van der Waals surface area contributed by atoms with Crippen molar-refractivity contribution in [3.05, 3.63) is 72.9 Å². The van der Waals surface area contributed by atoms with Gasteiger partial charge in [-0.2, -0.15) is 0 Å². The molecule has 6 atom stereocenters. The van der Waals surface area contributed by atoms with Crippen LogP contribution in [-0.4, -0.2) is 34.7 Å². The highest BCUT2D eigenvalue weighted by molar-refractivity contribution is 5.80. The maximum atomic E-state index is 13.4. The number of ketones is 6. The molecule has 6 nitrogen and oxygen atoms in total. The van der Waals surface area contributed by atoms with Crippen LogP contribution in [0.1, 0.15) is 581 Å². The van der Waals surface area contributed by atoms with E-state index in [9.17, 15) is 28.8 Å². The van der Waals surface area contributed by atoms with E-state index >= 15 is 0 Å². The molecular formula is C114H204O6. The summed E-state index contributed by atoms with van der Waals surface area (Å²) in [6.45, 7) is 13.7. The highest BCUT2D eigenvalue weighted by Gasteiger charge is 2.20. The second-order valence-electron chi connectivity index (χ2n) is 38.8.